The number of hydrogen-bond donors (Lipinski definition) is 2. The third kappa shape index (κ3) is 5.12. The second kappa shape index (κ2) is 9.36. The van der Waals surface area contributed by atoms with Gasteiger partial charge in [0.1, 0.15) is 5.69 Å². The van der Waals surface area contributed by atoms with Gasteiger partial charge in [-0.25, -0.2) is 0 Å². The lowest BCUT2D eigenvalue weighted by Gasteiger charge is -2.34. The zero-order valence-electron chi connectivity index (χ0n) is 16.8. The molecule has 1 heterocycles. The molecule has 2 aromatic carbocycles. The number of carbonyl (C=O) groups is 2. The van der Waals surface area contributed by atoms with E-state index in [2.05, 4.69) is 22.3 Å². The first-order chi connectivity index (χ1) is 14.3. The average Bonchev–Trinajstić information content (AvgIpc) is 2.74. The number of nitrogen functional groups attached to an aromatic ring is 1. The van der Waals surface area contributed by atoms with Crippen molar-refractivity contribution in [1.82, 2.24) is 15.1 Å². The monoisotopic (exact) mass is 411 g/mol. The van der Waals surface area contributed by atoms with Crippen LogP contribution in [0.3, 0.4) is 0 Å². The molecule has 3 rings (SSSR count). The van der Waals surface area contributed by atoms with Crippen molar-refractivity contribution in [2.45, 2.75) is 13.5 Å². The van der Waals surface area contributed by atoms with E-state index in [9.17, 15) is 19.7 Å². The molecular weight excluding hydrogens is 386 g/mol. The summed E-state index contributed by atoms with van der Waals surface area (Å²) in [6.07, 6.45) is 0. The molecular formula is C21H25N5O4. The molecule has 0 unspecified atom stereocenters. The minimum Gasteiger partial charge on any atom is -0.393 e. The highest BCUT2D eigenvalue weighted by molar-refractivity contribution is 6.02. The fourth-order valence-corrected chi connectivity index (χ4v) is 3.48. The SMILES string of the molecule is Cc1cc(C(=O)NCC(=O)N2CCN(Cc3ccccc3)CC2)c(N)c([N+](=O)[O-])c1. The number of nitrogens with two attached hydrogens (primary N) is 1. The molecule has 1 aliphatic rings. The summed E-state index contributed by atoms with van der Waals surface area (Å²) in [5.74, 6) is -0.793. The smallest absolute Gasteiger partial charge is 0.293 e. The van der Waals surface area contributed by atoms with Gasteiger partial charge in [-0.3, -0.25) is 24.6 Å². The Morgan fingerprint density at radius 2 is 1.80 bits per heavy atom. The van der Waals surface area contributed by atoms with Gasteiger partial charge in [0.2, 0.25) is 5.91 Å². The number of piperazine rings is 1. The van der Waals surface area contributed by atoms with E-state index in [-0.39, 0.29) is 29.4 Å². The van der Waals surface area contributed by atoms with Crippen molar-refractivity contribution in [2.24, 2.45) is 0 Å². The van der Waals surface area contributed by atoms with Gasteiger partial charge >= 0.3 is 0 Å². The normalized spacial score (nSPS) is 14.4. The van der Waals surface area contributed by atoms with Crippen molar-refractivity contribution < 1.29 is 14.5 Å². The van der Waals surface area contributed by atoms with Crippen molar-refractivity contribution in [3.63, 3.8) is 0 Å². The summed E-state index contributed by atoms with van der Waals surface area (Å²) in [5, 5.41) is 13.6. The van der Waals surface area contributed by atoms with Gasteiger partial charge in [-0.2, -0.15) is 0 Å². The molecule has 9 nitrogen and oxygen atoms in total. The van der Waals surface area contributed by atoms with Gasteiger partial charge in [-0.1, -0.05) is 30.3 Å². The van der Waals surface area contributed by atoms with E-state index < -0.39 is 10.8 Å². The van der Waals surface area contributed by atoms with E-state index in [1.165, 1.54) is 17.7 Å². The number of anilines is 1. The number of nitro groups is 1. The molecule has 0 bridgehead atoms. The first kappa shape index (κ1) is 21.3. The van der Waals surface area contributed by atoms with Crippen LogP contribution in [-0.4, -0.2) is 59.3 Å². The summed E-state index contributed by atoms with van der Waals surface area (Å²) in [5.41, 5.74) is 7.03. The number of benzene rings is 2. The highest BCUT2D eigenvalue weighted by atomic mass is 16.6. The Hall–Kier alpha value is -3.46. The topological polar surface area (TPSA) is 122 Å². The molecule has 2 amide bonds. The lowest BCUT2D eigenvalue weighted by Crippen LogP contribution is -2.50. The van der Waals surface area contributed by atoms with Crippen LogP contribution in [0.2, 0.25) is 0 Å². The first-order valence-corrected chi connectivity index (χ1v) is 9.72. The summed E-state index contributed by atoms with van der Waals surface area (Å²) in [6, 6.07) is 12.9. The standard InChI is InChI=1S/C21H25N5O4/c1-15-11-17(20(22)18(12-15)26(29)30)21(28)23-13-19(27)25-9-7-24(8-10-25)14-16-5-3-2-4-6-16/h2-6,11-12H,7-10,13-14,22H2,1H3,(H,23,28). The molecule has 0 saturated carbocycles. The maximum Gasteiger partial charge on any atom is 0.293 e. The Kier molecular flexibility index (Phi) is 6.63. The molecule has 30 heavy (non-hydrogen) atoms. The molecule has 0 aromatic heterocycles. The third-order valence-corrected chi connectivity index (χ3v) is 5.12. The first-order valence-electron chi connectivity index (χ1n) is 9.72. The molecule has 0 atom stereocenters. The van der Waals surface area contributed by atoms with Crippen LogP contribution in [0.5, 0.6) is 0 Å². The second-order valence-electron chi connectivity index (χ2n) is 7.33. The number of rotatable bonds is 6. The van der Waals surface area contributed by atoms with Crippen LogP contribution in [0.4, 0.5) is 11.4 Å². The molecule has 0 radical (unpaired) electrons. The number of nitrogens with one attached hydrogen (secondary N) is 1. The third-order valence-electron chi connectivity index (χ3n) is 5.12. The van der Waals surface area contributed by atoms with Gasteiger partial charge < -0.3 is 16.0 Å². The number of hydrogen-bond acceptors (Lipinski definition) is 6. The molecule has 1 aliphatic heterocycles. The molecule has 9 heteroatoms. The molecule has 1 fully saturated rings. The van der Waals surface area contributed by atoms with Crippen LogP contribution in [0.15, 0.2) is 42.5 Å². The largest absolute Gasteiger partial charge is 0.393 e. The number of amides is 2. The zero-order valence-corrected chi connectivity index (χ0v) is 16.8. The molecule has 0 aliphatic carbocycles. The maximum atomic E-state index is 12.5. The van der Waals surface area contributed by atoms with Crippen LogP contribution in [-0.2, 0) is 11.3 Å². The Morgan fingerprint density at radius 3 is 2.43 bits per heavy atom. The Balaban J connectivity index is 1.52. The van der Waals surface area contributed by atoms with E-state index in [0.717, 1.165) is 19.6 Å². The quantitative estimate of drug-likeness (QED) is 0.423. The van der Waals surface area contributed by atoms with E-state index in [0.29, 0.717) is 18.7 Å². The van der Waals surface area contributed by atoms with E-state index >= 15 is 0 Å². The van der Waals surface area contributed by atoms with Gasteiger partial charge in [-0.15, -0.1) is 0 Å². The summed E-state index contributed by atoms with van der Waals surface area (Å²) >= 11 is 0. The average molecular weight is 411 g/mol. The van der Waals surface area contributed by atoms with Crippen LogP contribution in [0.1, 0.15) is 21.5 Å². The van der Waals surface area contributed by atoms with Crippen LogP contribution >= 0.6 is 0 Å². The fraction of sp³-hybridized carbons (Fsp3) is 0.333. The predicted octanol–water partition coefficient (Wildman–Crippen LogP) is 1.56. The Labute approximate surface area is 174 Å². The van der Waals surface area contributed by atoms with Crippen molar-refractivity contribution in [1.29, 1.82) is 0 Å². The van der Waals surface area contributed by atoms with E-state index in [1.54, 1.807) is 11.8 Å². The molecule has 2 aromatic rings. The van der Waals surface area contributed by atoms with Crippen molar-refractivity contribution in [3.8, 4) is 0 Å². The Morgan fingerprint density at radius 1 is 1.13 bits per heavy atom. The van der Waals surface area contributed by atoms with Gasteiger partial charge in [0, 0.05) is 38.8 Å². The van der Waals surface area contributed by atoms with Crippen molar-refractivity contribution in [2.75, 3.05) is 38.5 Å². The summed E-state index contributed by atoms with van der Waals surface area (Å²) < 4.78 is 0. The van der Waals surface area contributed by atoms with Crippen molar-refractivity contribution >= 4 is 23.2 Å². The van der Waals surface area contributed by atoms with E-state index in [4.69, 9.17) is 5.73 Å². The highest BCUT2D eigenvalue weighted by Gasteiger charge is 2.24. The maximum absolute atomic E-state index is 12.5. The minimum atomic E-state index is -0.626. The predicted molar refractivity (Wildman–Crippen MR) is 113 cm³/mol. The van der Waals surface area contributed by atoms with Gasteiger partial charge in [0.05, 0.1) is 17.0 Å². The molecule has 158 valence electrons. The lowest BCUT2D eigenvalue weighted by molar-refractivity contribution is -0.384. The lowest BCUT2D eigenvalue weighted by atomic mass is 10.1. The number of nitro benzene ring substituents is 1. The number of aryl methyl sites for hydroxylation is 1. The molecule has 3 N–H and O–H groups in total. The van der Waals surface area contributed by atoms with Gasteiger partial charge in [0.25, 0.3) is 11.6 Å². The number of carbonyl (C=O) groups excluding carboxylic acids is 2. The van der Waals surface area contributed by atoms with E-state index in [1.807, 2.05) is 18.2 Å². The summed E-state index contributed by atoms with van der Waals surface area (Å²) in [4.78, 5) is 39.4. The van der Waals surface area contributed by atoms with Gasteiger partial charge in [0.15, 0.2) is 0 Å². The van der Waals surface area contributed by atoms with Crippen LogP contribution in [0, 0.1) is 17.0 Å². The van der Waals surface area contributed by atoms with Gasteiger partial charge in [-0.05, 0) is 24.1 Å². The second-order valence-corrected chi connectivity index (χ2v) is 7.33. The molecule has 0 spiro atoms. The minimum absolute atomic E-state index is 0.00202. The van der Waals surface area contributed by atoms with Crippen LogP contribution < -0.4 is 11.1 Å². The number of nitrogens with zero attached hydrogens (tertiary/aromatic N) is 3. The fourth-order valence-electron chi connectivity index (χ4n) is 3.48. The Bertz CT molecular complexity index is 940. The van der Waals surface area contributed by atoms with Crippen LogP contribution in [0.25, 0.3) is 0 Å². The van der Waals surface area contributed by atoms with Crippen molar-refractivity contribution in [3.05, 3.63) is 69.3 Å². The molecule has 1 saturated heterocycles. The zero-order chi connectivity index (χ0) is 21.7. The summed E-state index contributed by atoms with van der Waals surface area (Å²) in [6.45, 7) is 4.98. The highest BCUT2D eigenvalue weighted by Crippen LogP contribution is 2.27. The summed E-state index contributed by atoms with van der Waals surface area (Å²) in [7, 11) is 0.